The summed E-state index contributed by atoms with van der Waals surface area (Å²) < 4.78 is 13.1. The van der Waals surface area contributed by atoms with Crippen LogP contribution in [-0.4, -0.2) is 11.9 Å². The Balaban J connectivity index is 2.10. The maximum absolute atomic E-state index is 13.1. The minimum absolute atomic E-state index is 0.0334. The SMILES string of the molecule is CC(N)CCC(=O)NC1(c2ccc(F)cc2)CCCC1. The third kappa shape index (κ3) is 3.57. The summed E-state index contributed by atoms with van der Waals surface area (Å²) in [5.41, 5.74) is 6.38. The summed E-state index contributed by atoms with van der Waals surface area (Å²) in [4.78, 5) is 12.1. The van der Waals surface area contributed by atoms with Gasteiger partial charge in [-0.05, 0) is 43.9 Å². The smallest absolute Gasteiger partial charge is 0.220 e. The van der Waals surface area contributed by atoms with Gasteiger partial charge < -0.3 is 11.1 Å². The van der Waals surface area contributed by atoms with E-state index in [2.05, 4.69) is 5.32 Å². The van der Waals surface area contributed by atoms with Gasteiger partial charge in [-0.3, -0.25) is 4.79 Å². The van der Waals surface area contributed by atoms with E-state index in [9.17, 15) is 9.18 Å². The first kappa shape index (κ1) is 15.0. The van der Waals surface area contributed by atoms with Crippen LogP contribution in [-0.2, 0) is 10.3 Å². The summed E-state index contributed by atoms with van der Waals surface area (Å²) in [6.45, 7) is 1.90. The predicted octanol–water partition coefficient (Wildman–Crippen LogP) is 2.84. The molecule has 1 unspecified atom stereocenters. The van der Waals surface area contributed by atoms with E-state index in [1.54, 1.807) is 12.1 Å². The van der Waals surface area contributed by atoms with Gasteiger partial charge in [0.1, 0.15) is 5.82 Å². The van der Waals surface area contributed by atoms with E-state index in [-0.39, 0.29) is 23.3 Å². The number of benzene rings is 1. The topological polar surface area (TPSA) is 55.1 Å². The van der Waals surface area contributed by atoms with Crippen LogP contribution in [0.5, 0.6) is 0 Å². The van der Waals surface area contributed by atoms with Crippen LogP contribution in [0.4, 0.5) is 4.39 Å². The first-order valence-corrected chi connectivity index (χ1v) is 7.34. The third-order valence-electron chi connectivity index (χ3n) is 4.06. The molecule has 1 fully saturated rings. The average Bonchev–Trinajstić information content (AvgIpc) is 2.87. The lowest BCUT2D eigenvalue weighted by molar-refractivity contribution is -0.123. The fourth-order valence-electron chi connectivity index (χ4n) is 2.92. The number of carbonyl (C=O) groups excluding carboxylic acids is 1. The number of rotatable bonds is 5. The lowest BCUT2D eigenvalue weighted by Crippen LogP contribution is -2.44. The second-order valence-electron chi connectivity index (χ2n) is 5.86. The minimum atomic E-state index is -0.317. The Hall–Kier alpha value is -1.42. The second-order valence-corrected chi connectivity index (χ2v) is 5.86. The molecule has 20 heavy (non-hydrogen) atoms. The highest BCUT2D eigenvalue weighted by atomic mass is 19.1. The number of carbonyl (C=O) groups is 1. The van der Waals surface area contributed by atoms with E-state index in [1.807, 2.05) is 6.92 Å². The summed E-state index contributed by atoms with van der Waals surface area (Å²) in [7, 11) is 0. The average molecular weight is 278 g/mol. The minimum Gasteiger partial charge on any atom is -0.347 e. The molecule has 3 N–H and O–H groups in total. The number of hydrogen-bond acceptors (Lipinski definition) is 2. The molecule has 0 spiro atoms. The van der Waals surface area contributed by atoms with Crippen LogP contribution in [0.25, 0.3) is 0 Å². The van der Waals surface area contributed by atoms with Crippen molar-refractivity contribution >= 4 is 5.91 Å². The van der Waals surface area contributed by atoms with Crippen LogP contribution in [0.1, 0.15) is 51.0 Å². The molecule has 0 heterocycles. The van der Waals surface area contributed by atoms with Crippen LogP contribution < -0.4 is 11.1 Å². The molecule has 3 nitrogen and oxygen atoms in total. The van der Waals surface area contributed by atoms with Gasteiger partial charge in [0.05, 0.1) is 5.54 Å². The van der Waals surface area contributed by atoms with Gasteiger partial charge in [-0.25, -0.2) is 4.39 Å². The van der Waals surface area contributed by atoms with E-state index < -0.39 is 0 Å². The monoisotopic (exact) mass is 278 g/mol. The van der Waals surface area contributed by atoms with Crippen molar-refractivity contribution in [3.63, 3.8) is 0 Å². The summed E-state index contributed by atoms with van der Waals surface area (Å²) in [6, 6.07) is 6.53. The Morgan fingerprint density at radius 2 is 1.95 bits per heavy atom. The van der Waals surface area contributed by atoms with Gasteiger partial charge in [-0.1, -0.05) is 25.0 Å². The van der Waals surface area contributed by atoms with E-state index in [4.69, 9.17) is 5.73 Å². The lowest BCUT2D eigenvalue weighted by atomic mass is 9.88. The number of nitrogens with one attached hydrogen (secondary N) is 1. The summed E-state index contributed by atoms with van der Waals surface area (Å²) in [6.07, 6.45) is 5.15. The lowest BCUT2D eigenvalue weighted by Gasteiger charge is -2.31. The molecular formula is C16H23FN2O. The van der Waals surface area contributed by atoms with Crippen molar-refractivity contribution in [2.75, 3.05) is 0 Å². The number of hydrogen-bond donors (Lipinski definition) is 2. The Morgan fingerprint density at radius 1 is 1.35 bits per heavy atom. The molecular weight excluding hydrogens is 255 g/mol. The van der Waals surface area contributed by atoms with Crippen LogP contribution in [0, 0.1) is 5.82 Å². The fourth-order valence-corrected chi connectivity index (χ4v) is 2.92. The van der Waals surface area contributed by atoms with E-state index in [0.717, 1.165) is 31.2 Å². The Kier molecular flexibility index (Phi) is 4.76. The van der Waals surface area contributed by atoms with E-state index >= 15 is 0 Å². The van der Waals surface area contributed by atoms with Crippen molar-refractivity contribution in [3.05, 3.63) is 35.6 Å². The summed E-state index contributed by atoms with van der Waals surface area (Å²) >= 11 is 0. The molecule has 0 aromatic heterocycles. The van der Waals surface area contributed by atoms with Crippen LogP contribution >= 0.6 is 0 Å². The molecule has 0 aliphatic heterocycles. The zero-order chi connectivity index (χ0) is 14.6. The van der Waals surface area contributed by atoms with Gasteiger partial charge in [0, 0.05) is 12.5 Å². The highest BCUT2D eigenvalue weighted by molar-refractivity contribution is 5.77. The second kappa shape index (κ2) is 6.35. The predicted molar refractivity (Wildman–Crippen MR) is 77.6 cm³/mol. The van der Waals surface area contributed by atoms with Crippen molar-refractivity contribution in [2.24, 2.45) is 5.73 Å². The quantitative estimate of drug-likeness (QED) is 0.870. The third-order valence-corrected chi connectivity index (χ3v) is 4.06. The van der Waals surface area contributed by atoms with Crippen LogP contribution in [0.2, 0.25) is 0 Å². The van der Waals surface area contributed by atoms with E-state index in [0.29, 0.717) is 12.8 Å². The number of amides is 1. The van der Waals surface area contributed by atoms with Crippen molar-refractivity contribution in [1.29, 1.82) is 0 Å². The van der Waals surface area contributed by atoms with Gasteiger partial charge in [0.25, 0.3) is 0 Å². The number of halogens is 1. The first-order chi connectivity index (χ1) is 9.52. The highest BCUT2D eigenvalue weighted by Crippen LogP contribution is 2.38. The molecule has 1 aliphatic carbocycles. The molecule has 4 heteroatoms. The van der Waals surface area contributed by atoms with Crippen molar-refractivity contribution in [3.8, 4) is 0 Å². The highest BCUT2D eigenvalue weighted by Gasteiger charge is 2.36. The van der Waals surface area contributed by atoms with Crippen LogP contribution in [0.15, 0.2) is 24.3 Å². The fraction of sp³-hybridized carbons (Fsp3) is 0.562. The molecule has 1 atom stereocenters. The summed E-state index contributed by atoms with van der Waals surface area (Å²) in [5, 5.41) is 3.17. The van der Waals surface area contributed by atoms with E-state index in [1.165, 1.54) is 12.1 Å². The molecule has 0 radical (unpaired) electrons. The Morgan fingerprint density at radius 3 is 2.50 bits per heavy atom. The normalized spacial score (nSPS) is 18.8. The van der Waals surface area contributed by atoms with Crippen molar-refractivity contribution < 1.29 is 9.18 Å². The standard InChI is InChI=1S/C16H23FN2O/c1-12(18)4-9-15(20)19-16(10-2-3-11-16)13-5-7-14(17)8-6-13/h5-8,12H,2-4,9-11,18H2,1H3,(H,19,20). The van der Waals surface area contributed by atoms with Crippen molar-refractivity contribution in [2.45, 2.75) is 57.0 Å². The summed E-state index contributed by atoms with van der Waals surface area (Å²) in [5.74, 6) is -0.210. The number of nitrogens with two attached hydrogens (primary N) is 1. The zero-order valence-corrected chi connectivity index (χ0v) is 12.0. The molecule has 1 amide bonds. The molecule has 0 bridgehead atoms. The zero-order valence-electron chi connectivity index (χ0n) is 12.0. The largest absolute Gasteiger partial charge is 0.347 e. The molecule has 2 rings (SSSR count). The first-order valence-electron chi connectivity index (χ1n) is 7.34. The molecule has 1 saturated carbocycles. The molecule has 1 aromatic rings. The van der Waals surface area contributed by atoms with Gasteiger partial charge in [-0.2, -0.15) is 0 Å². The molecule has 110 valence electrons. The van der Waals surface area contributed by atoms with Gasteiger partial charge >= 0.3 is 0 Å². The van der Waals surface area contributed by atoms with Crippen LogP contribution in [0.3, 0.4) is 0 Å². The maximum atomic E-state index is 13.1. The van der Waals surface area contributed by atoms with Gasteiger partial charge in [0.15, 0.2) is 0 Å². The van der Waals surface area contributed by atoms with Gasteiger partial charge in [0.2, 0.25) is 5.91 Å². The molecule has 1 aliphatic rings. The molecule has 0 saturated heterocycles. The maximum Gasteiger partial charge on any atom is 0.220 e. The Bertz CT molecular complexity index is 450. The molecule has 1 aromatic carbocycles. The van der Waals surface area contributed by atoms with Crippen molar-refractivity contribution in [1.82, 2.24) is 5.32 Å². The Labute approximate surface area is 119 Å². The van der Waals surface area contributed by atoms with Gasteiger partial charge in [-0.15, -0.1) is 0 Å².